The third kappa shape index (κ3) is 18.2. The molecule has 18 nitrogen and oxygen atoms in total. The van der Waals surface area contributed by atoms with Crippen LogP contribution < -0.4 is 128 Å². The molecule has 26 heteroatoms. The molecule has 0 heterocycles. The Morgan fingerprint density at radius 1 is 0.333 bits per heavy atom. The van der Waals surface area contributed by atoms with Gasteiger partial charge >= 0.3 is 118 Å². The Labute approximate surface area is 472 Å². The van der Waals surface area contributed by atoms with Gasteiger partial charge in [0.05, 0.1) is 40.5 Å². The molecule has 0 aromatic heterocycles. The molecule has 2 aliphatic rings. The SMILES string of the molecule is O=C1c2ccc(N(CCCS(=O)(=O)[O-])CCCS(=O)(=O)[O-])cc2C(=O)c2ccc(N(CCCS(=O)(=O)[O-])CCCS(=O)(=O)[O-])cc21.O=C1c2ccccc2C(=O)c2ccccc21.[Na+].[Na+].[Na+].[Na+]. The van der Waals surface area contributed by atoms with Gasteiger partial charge in [-0.3, -0.25) is 19.2 Å². The third-order valence-electron chi connectivity index (χ3n) is 9.84. The minimum Gasteiger partial charge on any atom is -0.748 e. The molecule has 0 fully saturated rings. The van der Waals surface area contributed by atoms with Gasteiger partial charge in [0.15, 0.2) is 23.1 Å². The summed E-state index contributed by atoms with van der Waals surface area (Å²) in [6.45, 7) is -0.173. The van der Waals surface area contributed by atoms with Crippen LogP contribution in [0.1, 0.15) is 89.4 Å². The van der Waals surface area contributed by atoms with Gasteiger partial charge < -0.3 is 28.0 Å². The van der Waals surface area contributed by atoms with Gasteiger partial charge in [-0.05, 0) is 62.1 Å². The van der Waals surface area contributed by atoms with E-state index in [1.807, 2.05) is 0 Å². The van der Waals surface area contributed by atoms with Crippen molar-refractivity contribution in [3.63, 3.8) is 0 Å². The summed E-state index contributed by atoms with van der Waals surface area (Å²) in [5.41, 5.74) is 2.61. The summed E-state index contributed by atoms with van der Waals surface area (Å²) in [6, 6.07) is 22.2. The minimum atomic E-state index is -4.55. The predicted octanol–water partition coefficient (Wildman–Crippen LogP) is -9.71. The second-order valence-corrected chi connectivity index (χ2v) is 20.4. The molecule has 0 N–H and O–H groups in total. The largest absolute Gasteiger partial charge is 1.00 e. The maximum Gasteiger partial charge on any atom is 1.00 e. The fraction of sp³-hybridized carbons (Fsp3) is 0.300. The van der Waals surface area contributed by atoms with Gasteiger partial charge in [0.1, 0.15) is 0 Å². The molecule has 2 aliphatic carbocycles. The van der Waals surface area contributed by atoms with Gasteiger partial charge in [-0.15, -0.1) is 0 Å². The summed E-state index contributed by atoms with van der Waals surface area (Å²) >= 11 is 0. The number of ketones is 4. The summed E-state index contributed by atoms with van der Waals surface area (Å²) in [5, 5.41) is 0. The van der Waals surface area contributed by atoms with Crippen LogP contribution in [0.2, 0.25) is 0 Å². The van der Waals surface area contributed by atoms with Crippen molar-refractivity contribution < 1.29 is 189 Å². The molecule has 6 rings (SSSR count). The second kappa shape index (κ2) is 26.9. The van der Waals surface area contributed by atoms with E-state index in [0.717, 1.165) is 0 Å². The Kier molecular flexibility index (Phi) is 25.6. The number of rotatable bonds is 18. The van der Waals surface area contributed by atoms with Gasteiger partial charge in [0, 0.05) is 105 Å². The van der Waals surface area contributed by atoms with Crippen molar-refractivity contribution in [3.8, 4) is 0 Å². The number of hydrogen-bond acceptors (Lipinski definition) is 18. The first-order valence-electron chi connectivity index (χ1n) is 18.8. The number of carbonyl (C=O) groups excluding carboxylic acids is 4. The fourth-order valence-corrected chi connectivity index (χ4v) is 8.97. The molecule has 4 aromatic carbocycles. The molecule has 0 amide bonds. The van der Waals surface area contributed by atoms with E-state index in [1.165, 1.54) is 46.2 Å². The molecule has 0 saturated heterocycles. The van der Waals surface area contributed by atoms with E-state index in [-0.39, 0.29) is 204 Å². The van der Waals surface area contributed by atoms with Crippen LogP contribution in [-0.2, 0) is 40.5 Å². The van der Waals surface area contributed by atoms with Crippen LogP contribution in [0.5, 0.6) is 0 Å². The number of fused-ring (bicyclic) bond motifs is 4. The van der Waals surface area contributed by atoms with Gasteiger partial charge in [0.25, 0.3) is 0 Å². The fourth-order valence-electron chi connectivity index (χ4n) is 7.04. The normalized spacial score (nSPS) is 12.8. The molecule has 0 spiro atoms. The maximum atomic E-state index is 13.5. The van der Waals surface area contributed by atoms with Gasteiger partial charge in [-0.2, -0.15) is 0 Å². The zero-order chi connectivity index (χ0) is 45.6. The minimum absolute atomic E-state index is 0. The number of carbonyl (C=O) groups is 4. The van der Waals surface area contributed by atoms with Crippen molar-refractivity contribution in [1.82, 2.24) is 0 Å². The van der Waals surface area contributed by atoms with Gasteiger partial charge in [-0.1, -0.05) is 48.5 Å². The van der Waals surface area contributed by atoms with Gasteiger partial charge in [0.2, 0.25) is 0 Å². The molecule has 0 saturated carbocycles. The van der Waals surface area contributed by atoms with Crippen LogP contribution in [0, 0.1) is 0 Å². The van der Waals surface area contributed by atoms with Crippen molar-refractivity contribution in [3.05, 3.63) is 129 Å². The molecule has 0 atom stereocenters. The summed E-state index contributed by atoms with van der Waals surface area (Å²) in [7, 11) is -18.2. The zero-order valence-electron chi connectivity index (χ0n) is 36.6. The van der Waals surface area contributed by atoms with E-state index >= 15 is 0 Å². The number of nitrogens with zero attached hydrogens (tertiary/aromatic N) is 2. The molecule has 0 aliphatic heterocycles. The van der Waals surface area contributed by atoms with Crippen LogP contribution in [0.4, 0.5) is 11.4 Å². The van der Waals surface area contributed by atoms with Crippen LogP contribution >= 0.6 is 0 Å². The Bertz CT molecular complexity index is 2560. The standard InChI is InChI=1S/C26H34N2O14S4.C14H8O2.4Na/c29-25-22-8-6-20(28(11-3-15-45(37,38)39)12-4-16-46(40,41)42)18-24(22)26(30)21-7-5-19(17-23(21)25)27(9-1-13-43(31,32)33)10-2-14-44(34,35)36;15-13-9-5-1-2-6-10(9)14(16)12-8-4-3-7-11(12)13;;;;/h5-8,17-18H,1-4,9-16H2,(H,31,32,33)(H,34,35,36)(H,37,38,39)(H,40,41,42);1-8H;;;;/q;;4*+1/p-4. The Morgan fingerprint density at radius 2 is 0.545 bits per heavy atom. The van der Waals surface area contributed by atoms with Crippen LogP contribution in [0.25, 0.3) is 0 Å². The van der Waals surface area contributed by atoms with Crippen LogP contribution in [0.15, 0.2) is 84.9 Å². The maximum absolute atomic E-state index is 13.5. The Balaban J connectivity index is 0.000000911. The number of anilines is 2. The van der Waals surface area contributed by atoms with Crippen molar-refractivity contribution in [1.29, 1.82) is 0 Å². The smallest absolute Gasteiger partial charge is 0.748 e. The summed E-state index contributed by atoms with van der Waals surface area (Å²) < 4.78 is 133. The van der Waals surface area contributed by atoms with E-state index in [4.69, 9.17) is 0 Å². The number of benzene rings is 4. The first kappa shape index (κ1) is 62.8. The molecule has 4 aromatic rings. The molecule has 0 radical (unpaired) electrons. The molecule has 332 valence electrons. The molecule has 0 unspecified atom stereocenters. The quantitative estimate of drug-likeness (QED) is 0.0570. The Morgan fingerprint density at radius 3 is 0.773 bits per heavy atom. The summed E-state index contributed by atoms with van der Waals surface area (Å²) in [5.74, 6) is -4.10. The van der Waals surface area contributed by atoms with Crippen molar-refractivity contribution >= 4 is 75.0 Å². The van der Waals surface area contributed by atoms with Crippen LogP contribution in [0.3, 0.4) is 0 Å². The van der Waals surface area contributed by atoms with Crippen LogP contribution in [-0.4, -0.2) is 124 Å². The van der Waals surface area contributed by atoms with Gasteiger partial charge in [-0.25, -0.2) is 33.7 Å². The topological polar surface area (TPSA) is 304 Å². The van der Waals surface area contributed by atoms with Crippen molar-refractivity contribution in [2.75, 3.05) is 59.0 Å². The summed E-state index contributed by atoms with van der Waals surface area (Å²) in [4.78, 5) is 54.3. The van der Waals surface area contributed by atoms with E-state index in [9.17, 15) is 71.1 Å². The monoisotopic (exact) mass is 1020 g/mol. The van der Waals surface area contributed by atoms with E-state index in [0.29, 0.717) is 33.6 Å². The first-order valence-corrected chi connectivity index (χ1v) is 25.1. The van der Waals surface area contributed by atoms with E-state index in [2.05, 4.69) is 0 Å². The zero-order valence-corrected chi connectivity index (χ0v) is 47.9. The molecular weight excluding hydrogens is 985 g/mol. The van der Waals surface area contributed by atoms with E-state index < -0.39 is 75.1 Å². The average molecular weight is 1020 g/mol. The second-order valence-electron chi connectivity index (χ2n) is 14.3. The molecular formula is C40H38N2Na4O16S4. The number of hydrogen-bond donors (Lipinski definition) is 0. The molecule has 66 heavy (non-hydrogen) atoms. The Hall–Kier alpha value is -1.20. The van der Waals surface area contributed by atoms with Crippen molar-refractivity contribution in [2.45, 2.75) is 25.7 Å². The first-order chi connectivity index (χ1) is 28.9. The average Bonchev–Trinajstić information content (AvgIpc) is 3.19. The van der Waals surface area contributed by atoms with Crippen molar-refractivity contribution in [2.24, 2.45) is 0 Å². The predicted molar refractivity (Wildman–Crippen MR) is 221 cm³/mol. The third-order valence-corrected chi connectivity index (χ3v) is 13.0. The molecule has 0 bridgehead atoms. The summed E-state index contributed by atoms with van der Waals surface area (Å²) in [6.07, 6.45) is -0.542. The van der Waals surface area contributed by atoms with E-state index in [1.54, 1.807) is 48.5 Å².